The summed E-state index contributed by atoms with van der Waals surface area (Å²) in [6.07, 6.45) is 0.438. The van der Waals surface area contributed by atoms with E-state index in [1.165, 1.54) is 0 Å². The molecule has 0 aliphatic carbocycles. The van der Waals surface area contributed by atoms with E-state index >= 15 is 0 Å². The zero-order chi connectivity index (χ0) is 19.2. The first-order chi connectivity index (χ1) is 12.3. The summed E-state index contributed by atoms with van der Waals surface area (Å²) in [4.78, 5) is 24.4. The van der Waals surface area contributed by atoms with Crippen LogP contribution in [0.4, 0.5) is 5.69 Å². The number of rotatable bonds is 7. The fraction of sp³-hybridized carbons (Fsp3) is 0.350. The monoisotopic (exact) mass is 353 g/mol. The van der Waals surface area contributed by atoms with Crippen molar-refractivity contribution in [1.29, 1.82) is 5.26 Å². The summed E-state index contributed by atoms with van der Waals surface area (Å²) < 4.78 is 5.41. The Bertz CT molecular complexity index is 814. The van der Waals surface area contributed by atoms with E-state index in [1.807, 2.05) is 39.0 Å². The van der Waals surface area contributed by atoms with Crippen LogP contribution in [-0.4, -0.2) is 11.8 Å². The molecule has 26 heavy (non-hydrogen) atoms. The molecule has 0 aliphatic heterocycles. The van der Waals surface area contributed by atoms with E-state index in [2.05, 4.69) is 10.6 Å². The summed E-state index contributed by atoms with van der Waals surface area (Å²) in [5.74, 6) is 1.20. The Kier molecular flexibility index (Phi) is 6.18. The van der Waals surface area contributed by atoms with E-state index in [-0.39, 0.29) is 24.7 Å². The molecule has 2 aromatic rings. The smallest absolute Gasteiger partial charge is 0.224 e. The second-order valence-corrected chi connectivity index (χ2v) is 7.04. The fourth-order valence-corrected chi connectivity index (χ4v) is 2.59. The van der Waals surface area contributed by atoms with Gasteiger partial charge in [0.15, 0.2) is 0 Å². The summed E-state index contributed by atoms with van der Waals surface area (Å²) in [5, 5.41) is 14.4. The van der Waals surface area contributed by atoms with Gasteiger partial charge >= 0.3 is 0 Å². The number of amides is 2. The van der Waals surface area contributed by atoms with Crippen LogP contribution in [0.15, 0.2) is 40.8 Å². The van der Waals surface area contributed by atoms with E-state index in [4.69, 9.17) is 9.68 Å². The second kappa shape index (κ2) is 8.34. The van der Waals surface area contributed by atoms with Gasteiger partial charge in [-0.25, -0.2) is 0 Å². The second-order valence-electron chi connectivity index (χ2n) is 7.04. The lowest BCUT2D eigenvalue weighted by Gasteiger charge is -2.23. The number of benzene rings is 1. The van der Waals surface area contributed by atoms with Gasteiger partial charge in [-0.05, 0) is 48.7 Å². The van der Waals surface area contributed by atoms with Crippen LogP contribution in [-0.2, 0) is 16.1 Å². The largest absolute Gasteiger partial charge is 0.465 e. The normalized spacial score (nSPS) is 10.8. The Morgan fingerprint density at radius 2 is 1.73 bits per heavy atom. The Hall–Kier alpha value is -3.07. The molecule has 0 fully saturated rings. The lowest BCUT2D eigenvalue weighted by molar-refractivity contribution is -0.124. The standard InChI is InChI=1S/C20H23N3O3/c1-14-4-9-17(26-14)13-22-18(24)10-20(2,3)11-19(25)23-16-7-5-15(12-21)6-8-16/h4-9H,10-11,13H2,1-3H3,(H,22,24)(H,23,25). The molecule has 0 bridgehead atoms. The minimum absolute atomic E-state index is 0.129. The summed E-state index contributed by atoms with van der Waals surface area (Å²) in [7, 11) is 0. The number of carbonyl (C=O) groups is 2. The average molecular weight is 353 g/mol. The molecule has 6 heteroatoms. The van der Waals surface area contributed by atoms with Crippen LogP contribution < -0.4 is 10.6 Å². The molecular weight excluding hydrogens is 330 g/mol. The molecule has 0 saturated heterocycles. The highest BCUT2D eigenvalue weighted by atomic mass is 16.3. The number of furan rings is 1. The lowest BCUT2D eigenvalue weighted by atomic mass is 9.85. The Morgan fingerprint density at radius 1 is 1.08 bits per heavy atom. The molecule has 0 atom stereocenters. The summed E-state index contributed by atoms with van der Waals surface area (Å²) in [5.41, 5.74) is 0.675. The van der Waals surface area contributed by atoms with Crippen molar-refractivity contribution < 1.29 is 14.0 Å². The summed E-state index contributed by atoms with van der Waals surface area (Å²) in [6, 6.07) is 12.4. The molecule has 1 aromatic heterocycles. The van der Waals surface area contributed by atoms with Gasteiger partial charge in [0, 0.05) is 18.5 Å². The van der Waals surface area contributed by atoms with E-state index in [0.717, 1.165) is 5.76 Å². The minimum atomic E-state index is -0.486. The van der Waals surface area contributed by atoms with Crippen LogP contribution in [0.1, 0.15) is 43.8 Å². The Labute approximate surface area is 153 Å². The Balaban J connectivity index is 1.81. The van der Waals surface area contributed by atoms with Gasteiger partial charge in [-0.2, -0.15) is 5.26 Å². The van der Waals surface area contributed by atoms with Crippen LogP contribution in [0, 0.1) is 23.7 Å². The molecule has 1 aromatic carbocycles. The van der Waals surface area contributed by atoms with E-state index in [1.54, 1.807) is 24.3 Å². The van der Waals surface area contributed by atoms with Crippen molar-refractivity contribution in [1.82, 2.24) is 5.32 Å². The molecule has 0 aliphatic rings. The summed E-state index contributed by atoms with van der Waals surface area (Å²) in [6.45, 7) is 5.94. The molecule has 0 saturated carbocycles. The molecule has 136 valence electrons. The topological polar surface area (TPSA) is 95.1 Å². The Morgan fingerprint density at radius 3 is 2.31 bits per heavy atom. The van der Waals surface area contributed by atoms with Crippen LogP contribution in [0.5, 0.6) is 0 Å². The van der Waals surface area contributed by atoms with E-state index in [9.17, 15) is 9.59 Å². The van der Waals surface area contributed by atoms with E-state index < -0.39 is 5.41 Å². The third-order valence-electron chi connectivity index (χ3n) is 3.83. The highest BCUT2D eigenvalue weighted by Gasteiger charge is 2.25. The number of aryl methyl sites for hydroxylation is 1. The van der Waals surface area contributed by atoms with Gasteiger partial charge in [0.2, 0.25) is 11.8 Å². The highest BCUT2D eigenvalue weighted by molar-refractivity contribution is 5.91. The number of hydrogen-bond acceptors (Lipinski definition) is 4. The van der Waals surface area contributed by atoms with Crippen molar-refractivity contribution in [3.8, 4) is 6.07 Å². The number of carbonyl (C=O) groups excluding carboxylic acids is 2. The maximum absolute atomic E-state index is 12.2. The minimum Gasteiger partial charge on any atom is -0.465 e. The fourth-order valence-electron chi connectivity index (χ4n) is 2.59. The third-order valence-corrected chi connectivity index (χ3v) is 3.83. The van der Waals surface area contributed by atoms with Crippen LogP contribution in [0.25, 0.3) is 0 Å². The van der Waals surface area contributed by atoms with Gasteiger partial charge in [0.25, 0.3) is 0 Å². The molecule has 2 amide bonds. The maximum Gasteiger partial charge on any atom is 0.224 e. The van der Waals surface area contributed by atoms with Crippen LogP contribution in [0.3, 0.4) is 0 Å². The molecule has 0 unspecified atom stereocenters. The zero-order valence-corrected chi connectivity index (χ0v) is 15.3. The molecule has 6 nitrogen and oxygen atoms in total. The van der Waals surface area contributed by atoms with Crippen LogP contribution >= 0.6 is 0 Å². The molecule has 0 spiro atoms. The first-order valence-corrected chi connectivity index (χ1v) is 8.39. The quantitative estimate of drug-likeness (QED) is 0.796. The highest BCUT2D eigenvalue weighted by Crippen LogP contribution is 2.26. The van der Waals surface area contributed by atoms with Crippen LogP contribution in [0.2, 0.25) is 0 Å². The number of nitriles is 1. The van der Waals surface area contributed by atoms with Gasteiger partial charge in [0.05, 0.1) is 18.2 Å². The van der Waals surface area contributed by atoms with Crippen molar-refractivity contribution in [3.05, 3.63) is 53.5 Å². The van der Waals surface area contributed by atoms with Gasteiger partial charge in [0.1, 0.15) is 11.5 Å². The molecule has 0 radical (unpaired) electrons. The molecule has 2 rings (SSSR count). The first-order valence-electron chi connectivity index (χ1n) is 8.39. The number of anilines is 1. The van der Waals surface area contributed by atoms with E-state index in [0.29, 0.717) is 23.6 Å². The zero-order valence-electron chi connectivity index (χ0n) is 15.3. The average Bonchev–Trinajstić information content (AvgIpc) is 2.98. The van der Waals surface area contributed by atoms with Gasteiger partial charge in [-0.3, -0.25) is 9.59 Å². The lowest BCUT2D eigenvalue weighted by Crippen LogP contribution is -2.31. The van der Waals surface area contributed by atoms with Crippen molar-refractivity contribution in [3.63, 3.8) is 0 Å². The molecule has 2 N–H and O–H groups in total. The van der Waals surface area contributed by atoms with Crippen molar-refractivity contribution in [2.75, 3.05) is 5.32 Å². The van der Waals surface area contributed by atoms with Crippen molar-refractivity contribution >= 4 is 17.5 Å². The predicted octanol–water partition coefficient (Wildman–Crippen LogP) is 3.52. The number of hydrogen-bond donors (Lipinski definition) is 2. The SMILES string of the molecule is Cc1ccc(CNC(=O)CC(C)(C)CC(=O)Nc2ccc(C#N)cc2)o1. The molecular formula is C20H23N3O3. The number of nitrogens with one attached hydrogen (secondary N) is 2. The summed E-state index contributed by atoms with van der Waals surface area (Å²) >= 11 is 0. The third kappa shape index (κ3) is 6.10. The number of nitrogens with zero attached hydrogens (tertiary/aromatic N) is 1. The van der Waals surface area contributed by atoms with Gasteiger partial charge < -0.3 is 15.1 Å². The van der Waals surface area contributed by atoms with Gasteiger partial charge in [-0.1, -0.05) is 13.8 Å². The maximum atomic E-state index is 12.2. The molecule has 1 heterocycles. The van der Waals surface area contributed by atoms with Gasteiger partial charge in [-0.15, -0.1) is 0 Å². The van der Waals surface area contributed by atoms with Crippen molar-refractivity contribution in [2.45, 2.75) is 40.2 Å². The van der Waals surface area contributed by atoms with Crippen molar-refractivity contribution in [2.24, 2.45) is 5.41 Å². The first kappa shape index (κ1) is 19.3. The predicted molar refractivity (Wildman–Crippen MR) is 98.1 cm³/mol.